The fourth-order valence-electron chi connectivity index (χ4n) is 1.12. The van der Waals surface area contributed by atoms with Gasteiger partial charge in [0.15, 0.2) is 11.4 Å². The molecule has 0 aliphatic rings. The van der Waals surface area contributed by atoms with Gasteiger partial charge in [-0.3, -0.25) is 0 Å². The van der Waals surface area contributed by atoms with E-state index in [0.717, 1.165) is 0 Å². The topological polar surface area (TPSA) is 141 Å². The number of nitrogens with zero attached hydrogens (tertiary/aromatic N) is 2. The molecule has 0 aromatic carbocycles. The fourth-order valence-corrected chi connectivity index (χ4v) is 1.12. The van der Waals surface area contributed by atoms with E-state index in [4.69, 9.17) is 20.4 Å². The molecule has 0 spiro atoms. The largest absolute Gasteiger partial charge is 0.505 e. The summed E-state index contributed by atoms with van der Waals surface area (Å²) in [6.45, 7) is 0. The van der Waals surface area contributed by atoms with Gasteiger partial charge in [-0.05, 0) is 24.3 Å². The van der Waals surface area contributed by atoms with Gasteiger partial charge in [0, 0.05) is 29.5 Å². The summed E-state index contributed by atoms with van der Waals surface area (Å²) in [5.41, 5.74) is -0.634. The Hall–Kier alpha value is -2.64. The van der Waals surface area contributed by atoms with Crippen LogP contribution in [0.25, 0.3) is 0 Å². The minimum absolute atomic E-state index is 0. The second kappa shape index (κ2) is 8.51. The summed E-state index contributed by atoms with van der Waals surface area (Å²) in [5, 5.41) is 34.4. The van der Waals surface area contributed by atoms with E-state index in [1.54, 1.807) is 0 Å². The summed E-state index contributed by atoms with van der Waals surface area (Å²) in [4.78, 5) is 27.3. The number of pyridine rings is 2. The first-order valence-corrected chi connectivity index (χ1v) is 5.18. The number of carboxylic acid groups (broad SMARTS) is 2. The van der Waals surface area contributed by atoms with E-state index in [1.807, 2.05) is 0 Å². The number of hydrogen-bond acceptors (Lipinski definition) is 6. The van der Waals surface area contributed by atoms with Gasteiger partial charge >= 0.3 is 11.9 Å². The van der Waals surface area contributed by atoms with Crippen molar-refractivity contribution >= 4 is 11.9 Å². The first kappa shape index (κ1) is 18.4. The van der Waals surface area contributed by atoms with Crippen LogP contribution in [-0.2, 0) is 17.1 Å². The summed E-state index contributed by atoms with van der Waals surface area (Å²) in [5.74, 6) is -3.07. The van der Waals surface area contributed by atoms with Gasteiger partial charge in [-0.1, -0.05) is 0 Å². The fraction of sp³-hybridized carbons (Fsp3) is 0. The van der Waals surface area contributed by atoms with Gasteiger partial charge < -0.3 is 20.4 Å². The van der Waals surface area contributed by atoms with E-state index in [2.05, 4.69) is 9.97 Å². The van der Waals surface area contributed by atoms with Crippen LogP contribution in [-0.4, -0.2) is 42.3 Å². The van der Waals surface area contributed by atoms with Crippen molar-refractivity contribution in [1.82, 2.24) is 9.97 Å². The Kier molecular flexibility index (Phi) is 7.44. The molecule has 0 amide bonds. The van der Waals surface area contributed by atoms with Crippen LogP contribution in [0.3, 0.4) is 0 Å². The Bertz CT molecular complexity index is 579. The van der Waals surface area contributed by atoms with Crippen molar-refractivity contribution in [2.75, 3.05) is 0 Å². The maximum absolute atomic E-state index is 10.2. The van der Waals surface area contributed by atoms with Gasteiger partial charge in [-0.25, -0.2) is 19.6 Å². The van der Waals surface area contributed by atoms with E-state index in [0.29, 0.717) is 0 Å². The Morgan fingerprint density at radius 1 is 0.810 bits per heavy atom. The van der Waals surface area contributed by atoms with Crippen LogP contribution >= 0.6 is 0 Å². The number of carbonyl (C=O) groups is 2. The van der Waals surface area contributed by atoms with Crippen LogP contribution in [0.15, 0.2) is 36.7 Å². The molecule has 0 fully saturated rings. The second-order valence-electron chi connectivity index (χ2n) is 3.35. The van der Waals surface area contributed by atoms with Crippen LogP contribution in [0.1, 0.15) is 21.0 Å². The number of rotatable bonds is 2. The van der Waals surface area contributed by atoms with Gasteiger partial charge in [-0.2, -0.15) is 0 Å². The molecule has 9 heteroatoms. The smallest absolute Gasteiger partial charge is 0.358 e. The third-order valence-corrected chi connectivity index (χ3v) is 1.98. The van der Waals surface area contributed by atoms with Crippen molar-refractivity contribution in [2.45, 2.75) is 0 Å². The molecule has 0 radical (unpaired) electrons. The summed E-state index contributed by atoms with van der Waals surface area (Å²) in [6.07, 6.45) is 2.62. The first-order valence-electron chi connectivity index (χ1n) is 5.18. The zero-order chi connectivity index (χ0) is 15.1. The molecule has 2 rings (SSSR count). The van der Waals surface area contributed by atoms with Crippen molar-refractivity contribution in [3.8, 4) is 11.5 Å². The second-order valence-corrected chi connectivity index (χ2v) is 3.35. The maximum atomic E-state index is 10.2. The van der Waals surface area contributed by atoms with Crippen LogP contribution in [0, 0.1) is 0 Å². The van der Waals surface area contributed by atoms with Crippen LogP contribution in [0.2, 0.25) is 0 Å². The van der Waals surface area contributed by atoms with Crippen molar-refractivity contribution in [1.29, 1.82) is 0 Å². The standard InChI is InChI=1S/2C6H5NO3.Fe/c2*8-4-2-1-3-7-5(4)6(9)10;/h2*1-3,8H,(H,9,10);. The molecule has 0 aliphatic carbocycles. The monoisotopic (exact) mass is 334 g/mol. The molecular weight excluding hydrogens is 324 g/mol. The van der Waals surface area contributed by atoms with Crippen molar-refractivity contribution in [2.24, 2.45) is 0 Å². The molecule has 8 nitrogen and oxygen atoms in total. The zero-order valence-corrected chi connectivity index (χ0v) is 11.4. The number of aromatic nitrogens is 2. The average Bonchev–Trinajstić information content (AvgIpc) is 2.40. The van der Waals surface area contributed by atoms with E-state index in [1.165, 1.54) is 36.7 Å². The van der Waals surface area contributed by atoms with Gasteiger partial charge in [-0.15, -0.1) is 0 Å². The van der Waals surface area contributed by atoms with Crippen molar-refractivity contribution in [3.63, 3.8) is 0 Å². The molecule has 0 bridgehead atoms. The van der Waals surface area contributed by atoms with E-state index >= 15 is 0 Å². The minimum atomic E-state index is -1.22. The van der Waals surface area contributed by atoms with Crippen LogP contribution in [0.4, 0.5) is 0 Å². The quantitative estimate of drug-likeness (QED) is 0.595. The summed E-state index contributed by atoms with van der Waals surface area (Å²) >= 11 is 0. The normalized spacial score (nSPS) is 8.76. The van der Waals surface area contributed by atoms with E-state index in [9.17, 15) is 9.59 Å². The molecule has 2 aromatic rings. The Morgan fingerprint density at radius 2 is 1.14 bits per heavy atom. The number of aromatic hydroxyl groups is 2. The van der Waals surface area contributed by atoms with E-state index in [-0.39, 0.29) is 40.0 Å². The molecule has 2 heterocycles. The summed E-state index contributed by atoms with van der Waals surface area (Å²) in [7, 11) is 0. The summed E-state index contributed by atoms with van der Waals surface area (Å²) < 4.78 is 0. The Labute approximate surface area is 129 Å². The van der Waals surface area contributed by atoms with Gasteiger partial charge in [0.2, 0.25) is 0 Å². The third kappa shape index (κ3) is 5.47. The number of hydrogen-bond donors (Lipinski definition) is 4. The molecule has 0 atom stereocenters. The number of aromatic carboxylic acids is 2. The Morgan fingerprint density at radius 3 is 1.33 bits per heavy atom. The summed E-state index contributed by atoms with van der Waals surface area (Å²) in [6, 6.07) is 5.47. The van der Waals surface area contributed by atoms with Crippen molar-refractivity contribution < 1.29 is 47.1 Å². The molecule has 21 heavy (non-hydrogen) atoms. The molecule has 0 aliphatic heterocycles. The minimum Gasteiger partial charge on any atom is -0.505 e. The SMILES string of the molecule is O=C(O)c1ncccc1O.O=C(O)c1ncccc1O.[Fe]. The molecular formula is C12H10FeN2O6. The third-order valence-electron chi connectivity index (χ3n) is 1.98. The van der Waals surface area contributed by atoms with Crippen molar-refractivity contribution in [3.05, 3.63) is 48.0 Å². The molecule has 4 N–H and O–H groups in total. The molecule has 112 valence electrons. The van der Waals surface area contributed by atoms with Gasteiger partial charge in [0.25, 0.3) is 0 Å². The Balaban J connectivity index is 0.000000364. The van der Waals surface area contributed by atoms with Gasteiger partial charge in [0.1, 0.15) is 11.5 Å². The van der Waals surface area contributed by atoms with Gasteiger partial charge in [0.05, 0.1) is 0 Å². The van der Waals surface area contributed by atoms with Crippen LogP contribution < -0.4 is 0 Å². The molecule has 0 saturated heterocycles. The predicted octanol–water partition coefficient (Wildman–Crippen LogP) is 0.968. The first-order chi connectivity index (χ1) is 9.43. The van der Waals surface area contributed by atoms with Crippen LogP contribution in [0.5, 0.6) is 11.5 Å². The zero-order valence-electron chi connectivity index (χ0n) is 10.3. The molecule has 0 unspecified atom stereocenters. The average molecular weight is 334 g/mol. The number of carboxylic acids is 2. The van der Waals surface area contributed by atoms with E-state index < -0.39 is 11.9 Å². The predicted molar refractivity (Wildman–Crippen MR) is 65.7 cm³/mol. The molecule has 0 saturated carbocycles. The maximum Gasteiger partial charge on any atom is 0.358 e. The molecule has 2 aromatic heterocycles.